The molecule has 1 heterocycles. The molecular formula is C18H26N2. The zero-order valence-corrected chi connectivity index (χ0v) is 12.8. The second-order valence-corrected chi connectivity index (χ2v) is 5.79. The smallest absolute Gasteiger partial charge is 0.0945 e. The summed E-state index contributed by atoms with van der Waals surface area (Å²) in [4.78, 5) is 4.15. The molecule has 2 nitrogen and oxygen atoms in total. The Kier molecular flexibility index (Phi) is 5.85. The van der Waals surface area contributed by atoms with E-state index in [9.17, 15) is 0 Å². The number of benzene rings is 1. The van der Waals surface area contributed by atoms with Crippen LogP contribution >= 0.6 is 0 Å². The Morgan fingerprint density at radius 2 is 1.95 bits per heavy atom. The summed E-state index contributed by atoms with van der Waals surface area (Å²) in [6.45, 7) is 5.52. The minimum Gasteiger partial charge on any atom is -0.337 e. The molecule has 1 aromatic carbocycles. The van der Waals surface area contributed by atoms with Crippen LogP contribution in [-0.2, 0) is 13.0 Å². The first-order chi connectivity index (χ1) is 9.78. The average Bonchev–Trinajstić information content (AvgIpc) is 2.96. The van der Waals surface area contributed by atoms with Gasteiger partial charge in [-0.2, -0.15) is 0 Å². The van der Waals surface area contributed by atoms with Crippen molar-refractivity contribution in [3.8, 4) is 0 Å². The number of aryl methyl sites for hydroxylation is 2. The molecule has 2 aromatic rings. The van der Waals surface area contributed by atoms with Crippen molar-refractivity contribution in [2.75, 3.05) is 0 Å². The second-order valence-electron chi connectivity index (χ2n) is 5.79. The van der Waals surface area contributed by atoms with E-state index in [1.165, 1.54) is 43.2 Å². The monoisotopic (exact) mass is 270 g/mol. The molecule has 108 valence electrons. The fourth-order valence-electron chi connectivity index (χ4n) is 2.64. The largest absolute Gasteiger partial charge is 0.337 e. The SMILES string of the molecule is CCCCC(CCc1ccc(C)cc1)Cn1ccnc1. The van der Waals surface area contributed by atoms with Gasteiger partial charge in [0.05, 0.1) is 6.33 Å². The first-order valence-electron chi connectivity index (χ1n) is 7.79. The molecule has 0 aliphatic heterocycles. The highest BCUT2D eigenvalue weighted by Crippen LogP contribution is 2.18. The molecule has 0 aliphatic rings. The number of imidazole rings is 1. The van der Waals surface area contributed by atoms with Gasteiger partial charge in [-0.1, -0.05) is 49.6 Å². The number of hydrogen-bond acceptors (Lipinski definition) is 1. The topological polar surface area (TPSA) is 17.8 Å². The molecule has 2 rings (SSSR count). The Balaban J connectivity index is 1.87. The number of unbranched alkanes of at least 4 members (excludes halogenated alkanes) is 1. The van der Waals surface area contributed by atoms with Crippen LogP contribution in [0.1, 0.15) is 43.7 Å². The quantitative estimate of drug-likeness (QED) is 0.684. The lowest BCUT2D eigenvalue weighted by Crippen LogP contribution is -2.11. The molecule has 0 amide bonds. The van der Waals surface area contributed by atoms with E-state index in [1.807, 2.05) is 12.5 Å². The number of nitrogens with zero attached hydrogens (tertiary/aromatic N) is 2. The Bertz CT molecular complexity index is 471. The van der Waals surface area contributed by atoms with E-state index in [-0.39, 0.29) is 0 Å². The van der Waals surface area contributed by atoms with Crippen molar-refractivity contribution >= 4 is 0 Å². The molecule has 0 spiro atoms. The van der Waals surface area contributed by atoms with E-state index >= 15 is 0 Å². The first-order valence-corrected chi connectivity index (χ1v) is 7.79. The number of hydrogen-bond donors (Lipinski definition) is 0. The van der Waals surface area contributed by atoms with Crippen molar-refractivity contribution in [2.45, 2.75) is 52.5 Å². The van der Waals surface area contributed by atoms with Gasteiger partial charge in [0.15, 0.2) is 0 Å². The lowest BCUT2D eigenvalue weighted by molar-refractivity contribution is 0.377. The van der Waals surface area contributed by atoms with Gasteiger partial charge in [-0.25, -0.2) is 4.98 Å². The van der Waals surface area contributed by atoms with Crippen molar-refractivity contribution in [1.82, 2.24) is 9.55 Å². The average molecular weight is 270 g/mol. The van der Waals surface area contributed by atoms with Crippen LogP contribution in [0.25, 0.3) is 0 Å². The summed E-state index contributed by atoms with van der Waals surface area (Å²) in [6.07, 6.45) is 12.3. The van der Waals surface area contributed by atoms with Gasteiger partial charge in [-0.05, 0) is 37.7 Å². The maximum Gasteiger partial charge on any atom is 0.0945 e. The third-order valence-corrected chi connectivity index (χ3v) is 3.96. The molecular weight excluding hydrogens is 244 g/mol. The molecule has 0 bridgehead atoms. The third kappa shape index (κ3) is 4.84. The Morgan fingerprint density at radius 3 is 2.60 bits per heavy atom. The van der Waals surface area contributed by atoms with E-state index in [0.717, 1.165) is 12.5 Å². The highest BCUT2D eigenvalue weighted by Gasteiger charge is 2.09. The highest BCUT2D eigenvalue weighted by molar-refractivity contribution is 5.21. The van der Waals surface area contributed by atoms with E-state index in [0.29, 0.717) is 0 Å². The minimum atomic E-state index is 0.755. The molecule has 0 N–H and O–H groups in total. The van der Waals surface area contributed by atoms with Gasteiger partial charge in [0, 0.05) is 18.9 Å². The normalized spacial score (nSPS) is 12.5. The predicted molar refractivity (Wildman–Crippen MR) is 84.7 cm³/mol. The van der Waals surface area contributed by atoms with Gasteiger partial charge in [-0.15, -0.1) is 0 Å². The van der Waals surface area contributed by atoms with Crippen LogP contribution < -0.4 is 0 Å². The van der Waals surface area contributed by atoms with Gasteiger partial charge in [-0.3, -0.25) is 0 Å². The van der Waals surface area contributed by atoms with Crippen LogP contribution in [0.5, 0.6) is 0 Å². The number of rotatable bonds is 8. The summed E-state index contributed by atoms with van der Waals surface area (Å²) in [5.74, 6) is 0.755. The minimum absolute atomic E-state index is 0.755. The standard InChI is InChI=1S/C18H26N2/c1-3-4-5-18(14-20-13-12-19-15-20)11-10-17-8-6-16(2)7-9-17/h6-9,12-13,15,18H,3-5,10-11,14H2,1-2H3. The summed E-state index contributed by atoms with van der Waals surface area (Å²) in [5, 5.41) is 0. The molecule has 2 heteroatoms. The van der Waals surface area contributed by atoms with Crippen LogP contribution in [0.3, 0.4) is 0 Å². The van der Waals surface area contributed by atoms with Crippen LogP contribution in [0.15, 0.2) is 43.0 Å². The zero-order chi connectivity index (χ0) is 14.2. The molecule has 0 radical (unpaired) electrons. The van der Waals surface area contributed by atoms with E-state index in [1.54, 1.807) is 0 Å². The lowest BCUT2D eigenvalue weighted by atomic mass is 9.94. The maximum absolute atomic E-state index is 4.15. The lowest BCUT2D eigenvalue weighted by Gasteiger charge is -2.17. The number of aromatic nitrogens is 2. The van der Waals surface area contributed by atoms with Crippen molar-refractivity contribution < 1.29 is 0 Å². The molecule has 0 saturated carbocycles. The van der Waals surface area contributed by atoms with E-state index in [2.05, 4.69) is 53.9 Å². The molecule has 0 fully saturated rings. The predicted octanol–water partition coefficient (Wildman–Crippen LogP) is 4.63. The van der Waals surface area contributed by atoms with Gasteiger partial charge >= 0.3 is 0 Å². The fourth-order valence-corrected chi connectivity index (χ4v) is 2.64. The summed E-state index contributed by atoms with van der Waals surface area (Å²) >= 11 is 0. The summed E-state index contributed by atoms with van der Waals surface area (Å²) in [7, 11) is 0. The van der Waals surface area contributed by atoms with Crippen molar-refractivity contribution in [1.29, 1.82) is 0 Å². The van der Waals surface area contributed by atoms with Crippen LogP contribution in [-0.4, -0.2) is 9.55 Å². The Hall–Kier alpha value is -1.57. The van der Waals surface area contributed by atoms with Crippen molar-refractivity contribution in [2.24, 2.45) is 5.92 Å². The van der Waals surface area contributed by atoms with E-state index in [4.69, 9.17) is 0 Å². The fraction of sp³-hybridized carbons (Fsp3) is 0.500. The van der Waals surface area contributed by atoms with Gasteiger partial charge in [0.25, 0.3) is 0 Å². The summed E-state index contributed by atoms with van der Waals surface area (Å²) < 4.78 is 2.22. The highest BCUT2D eigenvalue weighted by atomic mass is 15.0. The molecule has 0 aliphatic carbocycles. The Labute approximate surface area is 122 Å². The first kappa shape index (κ1) is 14.8. The molecule has 0 saturated heterocycles. The molecule has 1 unspecified atom stereocenters. The van der Waals surface area contributed by atoms with E-state index < -0.39 is 0 Å². The van der Waals surface area contributed by atoms with Crippen LogP contribution in [0.4, 0.5) is 0 Å². The van der Waals surface area contributed by atoms with Crippen molar-refractivity contribution in [3.05, 3.63) is 54.1 Å². The van der Waals surface area contributed by atoms with Gasteiger partial charge < -0.3 is 4.57 Å². The molecule has 1 aromatic heterocycles. The van der Waals surface area contributed by atoms with Crippen molar-refractivity contribution in [3.63, 3.8) is 0 Å². The van der Waals surface area contributed by atoms with Crippen LogP contribution in [0.2, 0.25) is 0 Å². The second kappa shape index (κ2) is 7.88. The molecule has 1 atom stereocenters. The van der Waals surface area contributed by atoms with Gasteiger partial charge in [0.1, 0.15) is 0 Å². The van der Waals surface area contributed by atoms with Gasteiger partial charge in [0.2, 0.25) is 0 Å². The summed E-state index contributed by atoms with van der Waals surface area (Å²) in [5.41, 5.74) is 2.80. The summed E-state index contributed by atoms with van der Waals surface area (Å²) in [6, 6.07) is 8.96. The third-order valence-electron chi connectivity index (χ3n) is 3.96. The van der Waals surface area contributed by atoms with Crippen LogP contribution in [0, 0.1) is 12.8 Å². The zero-order valence-electron chi connectivity index (χ0n) is 12.8. The molecule has 20 heavy (non-hydrogen) atoms. The Morgan fingerprint density at radius 1 is 1.15 bits per heavy atom. The maximum atomic E-state index is 4.15.